The van der Waals surface area contributed by atoms with E-state index >= 15 is 0 Å². The maximum absolute atomic E-state index is 12.8. The molecule has 6 nitrogen and oxygen atoms in total. The molecular formula is C23H23NO5. The van der Waals surface area contributed by atoms with E-state index in [-0.39, 0.29) is 17.9 Å². The number of rotatable bonds is 6. The molecule has 2 aromatic rings. The van der Waals surface area contributed by atoms with Gasteiger partial charge in [-0.1, -0.05) is 42.0 Å². The average Bonchev–Trinajstić information content (AvgIpc) is 2.98. The number of ketones is 1. The molecule has 1 saturated heterocycles. The van der Waals surface area contributed by atoms with E-state index in [2.05, 4.69) is 6.58 Å². The molecule has 6 heteroatoms. The monoisotopic (exact) mass is 393 g/mol. The number of aryl methyl sites for hydroxylation is 1. The second-order valence-electron chi connectivity index (χ2n) is 6.72. The predicted molar refractivity (Wildman–Crippen MR) is 110 cm³/mol. The first-order valence-corrected chi connectivity index (χ1v) is 9.11. The van der Waals surface area contributed by atoms with E-state index in [9.17, 15) is 14.7 Å². The molecule has 2 aromatic carbocycles. The summed E-state index contributed by atoms with van der Waals surface area (Å²) >= 11 is 0. The van der Waals surface area contributed by atoms with E-state index in [1.54, 1.807) is 36.4 Å². The maximum atomic E-state index is 12.8. The molecule has 1 N–H and O–H groups in total. The van der Waals surface area contributed by atoms with Crippen molar-refractivity contribution in [3.05, 3.63) is 77.4 Å². The molecule has 1 aliphatic rings. The number of hydrogen-bond acceptors (Lipinski definition) is 5. The van der Waals surface area contributed by atoms with Crippen molar-refractivity contribution in [2.45, 2.75) is 13.0 Å². The number of aliphatic hydroxyl groups excluding tert-OH is 1. The molecule has 1 heterocycles. The zero-order chi connectivity index (χ0) is 21.1. The minimum Gasteiger partial charge on any atom is -0.507 e. The molecule has 0 aromatic heterocycles. The first-order valence-electron chi connectivity index (χ1n) is 9.11. The number of carbonyl (C=O) groups excluding carboxylic acids is 2. The van der Waals surface area contributed by atoms with Crippen LogP contribution in [0.1, 0.15) is 22.7 Å². The van der Waals surface area contributed by atoms with Gasteiger partial charge in [0, 0.05) is 12.1 Å². The quantitative estimate of drug-likeness (QED) is 0.351. The number of Topliss-reactive ketones (excluding diaryl/α,β-unsaturated/α-hetero) is 1. The lowest BCUT2D eigenvalue weighted by molar-refractivity contribution is -0.139. The summed E-state index contributed by atoms with van der Waals surface area (Å²) in [5, 5.41) is 10.9. The summed E-state index contributed by atoms with van der Waals surface area (Å²) in [6, 6.07) is 11.5. The predicted octanol–water partition coefficient (Wildman–Crippen LogP) is 3.62. The van der Waals surface area contributed by atoms with Gasteiger partial charge in [-0.05, 0) is 24.6 Å². The fourth-order valence-electron chi connectivity index (χ4n) is 3.44. The summed E-state index contributed by atoms with van der Waals surface area (Å²) in [5.74, 6) is -0.641. The fourth-order valence-corrected chi connectivity index (χ4v) is 3.44. The van der Waals surface area contributed by atoms with Gasteiger partial charge in [0.15, 0.2) is 11.5 Å². The van der Waals surface area contributed by atoms with E-state index < -0.39 is 17.7 Å². The van der Waals surface area contributed by atoms with Crippen LogP contribution in [0.15, 0.2) is 60.7 Å². The standard InChI is InChI=1S/C23H23NO5/c1-5-12-24-20(16-10-11-17(28-3)18(13-16)29-4)19(22(26)23(24)27)21(25)15-8-6-14(2)7-9-15/h5-11,13,20,25H,1,12H2,2-4H3/t20-/m1/s1. The van der Waals surface area contributed by atoms with Crippen LogP contribution in [0.25, 0.3) is 5.76 Å². The van der Waals surface area contributed by atoms with Gasteiger partial charge in [-0.3, -0.25) is 9.59 Å². The van der Waals surface area contributed by atoms with Crippen LogP contribution in [0.5, 0.6) is 11.5 Å². The van der Waals surface area contributed by atoms with Crippen molar-refractivity contribution in [2.75, 3.05) is 20.8 Å². The number of benzene rings is 2. The van der Waals surface area contributed by atoms with Gasteiger partial charge in [-0.15, -0.1) is 6.58 Å². The topological polar surface area (TPSA) is 76.1 Å². The van der Waals surface area contributed by atoms with Crippen LogP contribution in [0.3, 0.4) is 0 Å². The Balaban J connectivity index is 2.21. The van der Waals surface area contributed by atoms with Crippen molar-refractivity contribution in [1.29, 1.82) is 0 Å². The average molecular weight is 393 g/mol. The van der Waals surface area contributed by atoms with Crippen LogP contribution in [0, 0.1) is 6.92 Å². The van der Waals surface area contributed by atoms with E-state index in [0.29, 0.717) is 22.6 Å². The number of carbonyl (C=O) groups is 2. The summed E-state index contributed by atoms with van der Waals surface area (Å²) in [5.41, 5.74) is 2.15. The lowest BCUT2D eigenvalue weighted by Crippen LogP contribution is -2.29. The van der Waals surface area contributed by atoms with Gasteiger partial charge < -0.3 is 19.5 Å². The molecule has 0 bridgehead atoms. The minimum atomic E-state index is -0.769. The lowest BCUT2D eigenvalue weighted by Gasteiger charge is -2.24. The van der Waals surface area contributed by atoms with E-state index in [4.69, 9.17) is 9.47 Å². The number of aliphatic hydroxyl groups is 1. The number of amides is 1. The Labute approximate surface area is 169 Å². The second kappa shape index (κ2) is 8.22. The van der Waals surface area contributed by atoms with Gasteiger partial charge in [0.25, 0.3) is 11.7 Å². The Hall–Kier alpha value is -3.54. The molecule has 1 aliphatic heterocycles. The van der Waals surface area contributed by atoms with Gasteiger partial charge in [-0.25, -0.2) is 0 Å². The zero-order valence-electron chi connectivity index (χ0n) is 16.6. The first-order chi connectivity index (χ1) is 13.9. The van der Waals surface area contributed by atoms with Crippen molar-refractivity contribution < 1.29 is 24.2 Å². The number of ether oxygens (including phenoxy) is 2. The maximum Gasteiger partial charge on any atom is 0.295 e. The molecule has 0 aliphatic carbocycles. The third-order valence-electron chi connectivity index (χ3n) is 4.91. The van der Waals surface area contributed by atoms with Crippen LogP contribution in [-0.4, -0.2) is 42.5 Å². The number of nitrogens with zero attached hydrogens (tertiary/aromatic N) is 1. The van der Waals surface area contributed by atoms with Gasteiger partial charge in [0.2, 0.25) is 0 Å². The molecule has 0 spiro atoms. The number of hydrogen-bond donors (Lipinski definition) is 1. The van der Waals surface area contributed by atoms with Gasteiger partial charge in [0.05, 0.1) is 25.8 Å². The molecule has 0 saturated carbocycles. The van der Waals surface area contributed by atoms with E-state index in [1.165, 1.54) is 19.1 Å². The number of likely N-dealkylation sites (tertiary alicyclic amines) is 1. The van der Waals surface area contributed by atoms with Gasteiger partial charge in [-0.2, -0.15) is 0 Å². The van der Waals surface area contributed by atoms with E-state index in [1.807, 2.05) is 19.1 Å². The SMILES string of the molecule is C=CCN1C(=O)C(=O)C(=C(O)c2ccc(C)cc2)[C@H]1c1ccc(OC)c(OC)c1. The van der Waals surface area contributed by atoms with Crippen LogP contribution in [0.2, 0.25) is 0 Å². The Bertz CT molecular complexity index is 991. The van der Waals surface area contributed by atoms with Gasteiger partial charge in [0.1, 0.15) is 5.76 Å². The van der Waals surface area contributed by atoms with Crippen LogP contribution >= 0.6 is 0 Å². The Kier molecular flexibility index (Phi) is 5.73. The first kappa shape index (κ1) is 20.2. The Morgan fingerprint density at radius 2 is 1.76 bits per heavy atom. The van der Waals surface area contributed by atoms with Gasteiger partial charge >= 0.3 is 0 Å². The zero-order valence-corrected chi connectivity index (χ0v) is 16.6. The summed E-state index contributed by atoms with van der Waals surface area (Å²) < 4.78 is 10.6. The van der Waals surface area contributed by atoms with Crippen LogP contribution < -0.4 is 9.47 Å². The lowest BCUT2D eigenvalue weighted by atomic mass is 9.94. The van der Waals surface area contributed by atoms with Crippen molar-refractivity contribution >= 4 is 17.4 Å². The molecule has 0 radical (unpaired) electrons. The largest absolute Gasteiger partial charge is 0.507 e. The van der Waals surface area contributed by atoms with Crippen molar-refractivity contribution in [3.8, 4) is 11.5 Å². The van der Waals surface area contributed by atoms with E-state index in [0.717, 1.165) is 5.56 Å². The van der Waals surface area contributed by atoms with Crippen molar-refractivity contribution in [1.82, 2.24) is 4.90 Å². The fraction of sp³-hybridized carbons (Fsp3) is 0.217. The van der Waals surface area contributed by atoms with Crippen LogP contribution in [-0.2, 0) is 9.59 Å². The normalized spacial score (nSPS) is 18.0. The Morgan fingerprint density at radius 3 is 2.34 bits per heavy atom. The highest BCUT2D eigenvalue weighted by molar-refractivity contribution is 6.46. The molecule has 150 valence electrons. The molecule has 0 unspecified atom stereocenters. The summed E-state index contributed by atoms with van der Waals surface area (Å²) in [7, 11) is 3.04. The summed E-state index contributed by atoms with van der Waals surface area (Å²) in [6.07, 6.45) is 1.55. The molecule has 29 heavy (non-hydrogen) atoms. The summed E-state index contributed by atoms with van der Waals surface area (Å²) in [6.45, 7) is 5.77. The van der Waals surface area contributed by atoms with Crippen LogP contribution in [0.4, 0.5) is 0 Å². The summed E-state index contributed by atoms with van der Waals surface area (Å²) in [4.78, 5) is 26.9. The highest BCUT2D eigenvalue weighted by Crippen LogP contribution is 2.41. The highest BCUT2D eigenvalue weighted by Gasteiger charge is 2.45. The Morgan fingerprint density at radius 1 is 1.10 bits per heavy atom. The molecule has 1 atom stereocenters. The molecule has 1 fully saturated rings. The van der Waals surface area contributed by atoms with Crippen molar-refractivity contribution in [2.24, 2.45) is 0 Å². The molecule has 1 amide bonds. The molecule has 3 rings (SSSR count). The molecular weight excluding hydrogens is 370 g/mol. The minimum absolute atomic E-state index is 0.0351. The van der Waals surface area contributed by atoms with Crippen molar-refractivity contribution in [3.63, 3.8) is 0 Å². The third-order valence-corrected chi connectivity index (χ3v) is 4.91. The third kappa shape index (κ3) is 3.61. The number of methoxy groups -OCH3 is 2. The second-order valence-corrected chi connectivity index (χ2v) is 6.72. The smallest absolute Gasteiger partial charge is 0.295 e. The highest BCUT2D eigenvalue weighted by atomic mass is 16.5.